The summed E-state index contributed by atoms with van der Waals surface area (Å²) in [5, 5.41) is 10.3. The largest absolute Gasteiger partial charge is 0.497 e. The number of halogens is 1. The number of thiocarbonyl (C=S) groups is 1. The summed E-state index contributed by atoms with van der Waals surface area (Å²) in [5.41, 5.74) is 4.37. The first kappa shape index (κ1) is 23.4. The minimum absolute atomic E-state index is 0.336. The molecule has 32 heavy (non-hydrogen) atoms. The zero-order valence-corrected chi connectivity index (χ0v) is 19.9. The lowest BCUT2D eigenvalue weighted by Gasteiger charge is -2.15. The van der Waals surface area contributed by atoms with Crippen LogP contribution in [-0.2, 0) is 6.54 Å². The van der Waals surface area contributed by atoms with Crippen molar-refractivity contribution >= 4 is 46.5 Å². The molecule has 7 nitrogen and oxygen atoms in total. The molecule has 1 heterocycles. The maximum Gasteiger partial charge on any atom is 0.229 e. The van der Waals surface area contributed by atoms with Crippen LogP contribution in [0.15, 0.2) is 53.5 Å². The molecule has 0 unspecified atom stereocenters. The van der Waals surface area contributed by atoms with Gasteiger partial charge in [0.05, 0.1) is 24.4 Å². The van der Waals surface area contributed by atoms with Gasteiger partial charge in [0.25, 0.3) is 0 Å². The Kier molecular flexibility index (Phi) is 7.97. The number of nitrogens with zero attached hydrogens (tertiary/aromatic N) is 3. The molecule has 3 rings (SSSR count). The fraction of sp³-hybridized carbons (Fsp3) is 0.217. The summed E-state index contributed by atoms with van der Waals surface area (Å²) >= 11 is 11.9. The van der Waals surface area contributed by atoms with Crippen LogP contribution in [0.2, 0.25) is 5.02 Å². The average molecular weight is 469 g/mol. The fourth-order valence-corrected chi connectivity index (χ4v) is 3.28. The zero-order valence-electron chi connectivity index (χ0n) is 18.4. The first-order chi connectivity index (χ1) is 15.3. The molecule has 0 aliphatic carbocycles. The molecular formula is C23H25ClN6OS. The van der Waals surface area contributed by atoms with Crippen molar-refractivity contribution in [2.24, 2.45) is 4.99 Å². The Labute approximate surface area is 198 Å². The highest BCUT2D eigenvalue weighted by molar-refractivity contribution is 7.80. The van der Waals surface area contributed by atoms with Crippen LogP contribution in [0.4, 0.5) is 11.6 Å². The van der Waals surface area contributed by atoms with Gasteiger partial charge in [-0.15, -0.1) is 0 Å². The summed E-state index contributed by atoms with van der Waals surface area (Å²) in [6.45, 7) is 6.17. The van der Waals surface area contributed by atoms with Crippen LogP contribution < -0.4 is 20.7 Å². The van der Waals surface area contributed by atoms with Crippen LogP contribution in [0.1, 0.15) is 22.5 Å². The molecule has 0 radical (unpaired) electrons. The summed E-state index contributed by atoms with van der Waals surface area (Å²) in [5.74, 6) is 1.63. The topological polar surface area (TPSA) is 83.5 Å². The van der Waals surface area contributed by atoms with Gasteiger partial charge in [0.1, 0.15) is 5.75 Å². The van der Waals surface area contributed by atoms with E-state index in [1.54, 1.807) is 7.11 Å². The predicted octanol–water partition coefficient (Wildman–Crippen LogP) is 5.02. The Bertz CT molecular complexity index is 1110. The lowest BCUT2D eigenvalue weighted by Crippen LogP contribution is -2.39. The standard InChI is InChI=1S/C23H25ClN6OS/c1-14-6-5-7-19(20(14)24)28-23(32)30-21(29-22-26-15(2)12-16(3)27-22)25-13-17-8-10-18(31-4)11-9-17/h5-12H,13H2,1-4H3,(H3,25,26,27,28,29,30,32). The number of anilines is 2. The Morgan fingerprint density at radius 3 is 2.38 bits per heavy atom. The number of hydrogen-bond donors (Lipinski definition) is 3. The minimum atomic E-state index is 0.336. The predicted molar refractivity (Wildman–Crippen MR) is 135 cm³/mol. The highest BCUT2D eigenvalue weighted by atomic mass is 35.5. The Morgan fingerprint density at radius 1 is 1.03 bits per heavy atom. The Hall–Kier alpha value is -3.23. The second-order valence-electron chi connectivity index (χ2n) is 7.13. The lowest BCUT2D eigenvalue weighted by molar-refractivity contribution is 0.414. The van der Waals surface area contributed by atoms with E-state index in [0.29, 0.717) is 34.3 Å². The molecule has 3 aromatic rings. The Morgan fingerprint density at radius 2 is 1.72 bits per heavy atom. The van der Waals surface area contributed by atoms with Crippen molar-refractivity contribution in [2.45, 2.75) is 27.3 Å². The molecule has 0 bridgehead atoms. The van der Waals surface area contributed by atoms with Gasteiger partial charge in [-0.1, -0.05) is 35.9 Å². The molecule has 0 spiro atoms. The van der Waals surface area contributed by atoms with Gasteiger partial charge in [-0.05, 0) is 68.4 Å². The molecule has 0 saturated carbocycles. The average Bonchev–Trinajstić information content (AvgIpc) is 2.75. The van der Waals surface area contributed by atoms with Crippen LogP contribution in [0, 0.1) is 20.8 Å². The van der Waals surface area contributed by atoms with Gasteiger partial charge in [0, 0.05) is 11.4 Å². The van der Waals surface area contributed by atoms with E-state index in [1.807, 2.05) is 69.3 Å². The van der Waals surface area contributed by atoms with E-state index in [2.05, 4.69) is 30.9 Å². The number of methoxy groups -OCH3 is 1. The monoisotopic (exact) mass is 468 g/mol. The summed E-state index contributed by atoms with van der Waals surface area (Å²) in [7, 11) is 1.64. The van der Waals surface area contributed by atoms with Crippen molar-refractivity contribution < 1.29 is 4.74 Å². The lowest BCUT2D eigenvalue weighted by atomic mass is 10.2. The van der Waals surface area contributed by atoms with E-state index in [0.717, 1.165) is 28.3 Å². The van der Waals surface area contributed by atoms with Crippen molar-refractivity contribution in [3.63, 3.8) is 0 Å². The molecule has 0 aliphatic heterocycles. The second-order valence-corrected chi connectivity index (χ2v) is 7.91. The number of rotatable bonds is 5. The summed E-state index contributed by atoms with van der Waals surface area (Å²) < 4.78 is 5.21. The molecular weight excluding hydrogens is 444 g/mol. The smallest absolute Gasteiger partial charge is 0.229 e. The molecule has 3 N–H and O–H groups in total. The minimum Gasteiger partial charge on any atom is -0.497 e. The summed E-state index contributed by atoms with van der Waals surface area (Å²) in [6, 6.07) is 15.3. The fourth-order valence-electron chi connectivity index (χ4n) is 2.90. The van der Waals surface area contributed by atoms with E-state index >= 15 is 0 Å². The number of guanidine groups is 1. The van der Waals surface area contributed by atoms with Gasteiger partial charge in [0.15, 0.2) is 5.11 Å². The maximum atomic E-state index is 6.38. The molecule has 0 amide bonds. The highest BCUT2D eigenvalue weighted by Crippen LogP contribution is 2.24. The van der Waals surface area contributed by atoms with Gasteiger partial charge < -0.3 is 15.4 Å². The number of ether oxygens (including phenoxy) is 1. The maximum absolute atomic E-state index is 6.38. The highest BCUT2D eigenvalue weighted by Gasteiger charge is 2.09. The van der Waals surface area contributed by atoms with Crippen LogP contribution >= 0.6 is 23.8 Å². The first-order valence-electron chi connectivity index (χ1n) is 9.94. The SMILES string of the molecule is COc1ccc(CN=C(NC(=S)Nc2cccc(C)c2Cl)Nc2nc(C)cc(C)n2)cc1. The van der Waals surface area contributed by atoms with Crippen molar-refractivity contribution in [1.29, 1.82) is 0 Å². The zero-order chi connectivity index (χ0) is 23.1. The number of nitrogens with one attached hydrogen (secondary N) is 3. The second kappa shape index (κ2) is 10.9. The van der Waals surface area contributed by atoms with Crippen LogP contribution in [0.3, 0.4) is 0 Å². The summed E-state index contributed by atoms with van der Waals surface area (Å²) in [6.07, 6.45) is 0. The van der Waals surface area contributed by atoms with Crippen molar-refractivity contribution in [1.82, 2.24) is 15.3 Å². The van der Waals surface area contributed by atoms with Crippen LogP contribution in [-0.4, -0.2) is 28.1 Å². The summed E-state index contributed by atoms with van der Waals surface area (Å²) in [4.78, 5) is 13.5. The van der Waals surface area contributed by atoms with Gasteiger partial charge in [-0.25, -0.2) is 15.0 Å². The van der Waals surface area contributed by atoms with E-state index in [-0.39, 0.29) is 0 Å². The molecule has 0 fully saturated rings. The Balaban J connectivity index is 1.79. The quantitative estimate of drug-likeness (QED) is 0.275. The molecule has 0 atom stereocenters. The molecule has 2 aromatic carbocycles. The molecule has 9 heteroatoms. The first-order valence-corrected chi connectivity index (χ1v) is 10.7. The third kappa shape index (κ3) is 6.63. The van der Waals surface area contributed by atoms with E-state index < -0.39 is 0 Å². The number of aryl methyl sites for hydroxylation is 3. The van der Waals surface area contributed by atoms with Crippen LogP contribution in [0.25, 0.3) is 0 Å². The number of aromatic nitrogens is 2. The van der Waals surface area contributed by atoms with E-state index in [1.165, 1.54) is 0 Å². The van der Waals surface area contributed by atoms with Crippen molar-refractivity contribution in [3.05, 3.63) is 76.1 Å². The molecule has 166 valence electrons. The van der Waals surface area contributed by atoms with Crippen molar-refractivity contribution in [2.75, 3.05) is 17.7 Å². The number of benzene rings is 2. The van der Waals surface area contributed by atoms with Gasteiger partial charge >= 0.3 is 0 Å². The van der Waals surface area contributed by atoms with E-state index in [4.69, 9.17) is 28.6 Å². The van der Waals surface area contributed by atoms with Gasteiger partial charge in [0.2, 0.25) is 11.9 Å². The molecule has 1 aromatic heterocycles. The normalized spacial score (nSPS) is 11.1. The van der Waals surface area contributed by atoms with Crippen molar-refractivity contribution in [3.8, 4) is 5.75 Å². The third-order valence-corrected chi connectivity index (χ3v) is 5.17. The van der Waals surface area contributed by atoms with Crippen LogP contribution in [0.5, 0.6) is 5.75 Å². The number of hydrogen-bond acceptors (Lipinski definition) is 5. The molecule has 0 aliphatic rings. The van der Waals surface area contributed by atoms with Gasteiger partial charge in [-0.2, -0.15) is 0 Å². The third-order valence-electron chi connectivity index (χ3n) is 4.46. The number of aliphatic imine (C=N–C) groups is 1. The van der Waals surface area contributed by atoms with E-state index in [9.17, 15) is 0 Å². The van der Waals surface area contributed by atoms with Gasteiger partial charge in [-0.3, -0.25) is 5.32 Å². The molecule has 0 saturated heterocycles.